The first-order valence-corrected chi connectivity index (χ1v) is 21.0. The Balaban J connectivity index is 1.01. The normalized spacial score (nSPS) is 12.4. The molecule has 12 rings (SSSR count). The molecule has 0 fully saturated rings. The number of aromatic nitrogens is 1. The van der Waals surface area contributed by atoms with E-state index in [-0.39, 0.29) is 0 Å². The Morgan fingerprint density at radius 3 is 1.92 bits per heavy atom. The molecule has 1 aliphatic heterocycles. The first kappa shape index (κ1) is 35.6. The second-order valence-electron chi connectivity index (χ2n) is 15.9. The summed E-state index contributed by atoms with van der Waals surface area (Å²) >= 11 is 0. The van der Waals surface area contributed by atoms with Crippen LogP contribution in [0.4, 0.5) is 28.4 Å². The number of para-hydroxylation sites is 5. The summed E-state index contributed by atoms with van der Waals surface area (Å²) in [7, 11) is 0. The van der Waals surface area contributed by atoms with Gasteiger partial charge in [0.1, 0.15) is 11.0 Å². The first-order valence-electron chi connectivity index (χ1n) is 21.0. The van der Waals surface area contributed by atoms with Crippen LogP contribution in [0.3, 0.4) is 0 Å². The lowest BCUT2D eigenvalue weighted by Crippen LogP contribution is -2.22. The Bertz CT molecular complexity index is 3680. The number of hydrogen-bond acceptors (Lipinski definition) is 3. The van der Waals surface area contributed by atoms with Crippen LogP contribution < -0.4 is 20.4 Å². The Morgan fingerprint density at radius 2 is 1.11 bits per heavy atom. The standard InChI is InChI=1S/C58H39N3O/c1-38(36-57-39(2)45-20-11-14-27-56(45)62-57)59(44-32-35-54-51(37-44)48-22-10-13-25-53(48)60(54)41-16-5-3-6-17-41)43-30-28-40(29-31-43)46-33-34-50-47-21-9-12-24-52(47)61(42-18-7-4-8-19-42)55-26-15-23-49(46)58(50)55/h3-37H,1-2H2/b57-36+. The predicted molar refractivity (Wildman–Crippen MR) is 261 cm³/mol. The van der Waals surface area contributed by atoms with Gasteiger partial charge in [-0.25, -0.2) is 0 Å². The average molecular weight is 794 g/mol. The van der Waals surface area contributed by atoms with Gasteiger partial charge in [-0.1, -0.05) is 141 Å². The van der Waals surface area contributed by atoms with E-state index in [0.717, 1.165) is 66.6 Å². The molecule has 4 heteroatoms. The maximum atomic E-state index is 6.37. The smallest absolute Gasteiger partial charge is 0.136 e. The van der Waals surface area contributed by atoms with Gasteiger partial charge in [-0.05, 0) is 101 Å². The second-order valence-corrected chi connectivity index (χ2v) is 15.9. The number of allylic oxidation sites excluding steroid dienone is 1. The number of rotatable bonds is 7. The van der Waals surface area contributed by atoms with Gasteiger partial charge in [0.05, 0.1) is 22.4 Å². The third-order valence-corrected chi connectivity index (χ3v) is 12.4. The summed E-state index contributed by atoms with van der Waals surface area (Å²) in [5.74, 6) is 0. The number of nitrogens with zero attached hydrogens (tertiary/aromatic N) is 3. The van der Waals surface area contributed by atoms with Crippen molar-refractivity contribution in [3.05, 3.63) is 229 Å². The molecule has 0 spiro atoms. The van der Waals surface area contributed by atoms with E-state index in [1.165, 1.54) is 44.2 Å². The van der Waals surface area contributed by atoms with Crippen LogP contribution in [0.2, 0.25) is 0 Å². The van der Waals surface area contributed by atoms with Crippen molar-refractivity contribution in [3.63, 3.8) is 0 Å². The van der Waals surface area contributed by atoms with Crippen LogP contribution in [0.1, 0.15) is 0 Å². The monoisotopic (exact) mass is 793 g/mol. The zero-order chi connectivity index (χ0) is 41.3. The molecule has 292 valence electrons. The molecule has 0 N–H and O–H groups in total. The van der Waals surface area contributed by atoms with Crippen LogP contribution in [0.5, 0.6) is 0 Å². The summed E-state index contributed by atoms with van der Waals surface area (Å²) in [6.07, 6.45) is 2.01. The Hall–Kier alpha value is -8.34. The first-order chi connectivity index (χ1) is 30.6. The van der Waals surface area contributed by atoms with Crippen molar-refractivity contribution in [2.45, 2.75) is 0 Å². The van der Waals surface area contributed by atoms with E-state index in [9.17, 15) is 0 Å². The number of furan rings is 1. The third-order valence-electron chi connectivity index (χ3n) is 12.4. The van der Waals surface area contributed by atoms with Crippen LogP contribution >= 0.6 is 0 Å². The van der Waals surface area contributed by atoms with Crippen molar-refractivity contribution in [1.29, 1.82) is 0 Å². The number of anilines is 5. The molecule has 0 atom stereocenters. The lowest BCUT2D eigenvalue weighted by Gasteiger charge is -2.34. The van der Waals surface area contributed by atoms with E-state index in [0.29, 0.717) is 5.42 Å². The Kier molecular flexibility index (Phi) is 8.12. The molecule has 0 unspecified atom stereocenters. The molecule has 0 bridgehead atoms. The van der Waals surface area contributed by atoms with E-state index >= 15 is 0 Å². The summed E-state index contributed by atoms with van der Waals surface area (Å²) in [5.41, 5.74) is 15.9. The molecular weight excluding hydrogens is 755 g/mol. The van der Waals surface area contributed by atoms with Crippen molar-refractivity contribution in [3.8, 4) is 27.9 Å². The van der Waals surface area contributed by atoms with Gasteiger partial charge in [-0.2, -0.15) is 0 Å². The maximum absolute atomic E-state index is 6.37. The largest absolute Gasteiger partial charge is 0.456 e. The van der Waals surface area contributed by atoms with Crippen LogP contribution in [-0.4, -0.2) is 4.57 Å². The molecule has 9 aromatic carbocycles. The minimum absolute atomic E-state index is 0.689. The molecule has 0 amide bonds. The van der Waals surface area contributed by atoms with Gasteiger partial charge in [-0.15, -0.1) is 0 Å². The second kappa shape index (κ2) is 14.1. The minimum Gasteiger partial charge on any atom is -0.456 e. The molecule has 0 saturated heterocycles. The Morgan fingerprint density at radius 1 is 0.484 bits per heavy atom. The zero-order valence-corrected chi connectivity index (χ0v) is 33.9. The van der Waals surface area contributed by atoms with Crippen LogP contribution in [0.15, 0.2) is 223 Å². The summed E-state index contributed by atoms with van der Waals surface area (Å²) in [5, 5.41) is 6.65. The number of benzene rings is 9. The topological polar surface area (TPSA) is 24.6 Å². The van der Waals surface area contributed by atoms with Crippen molar-refractivity contribution in [2.24, 2.45) is 0 Å². The van der Waals surface area contributed by atoms with Gasteiger partial charge >= 0.3 is 0 Å². The van der Waals surface area contributed by atoms with Gasteiger partial charge in [-0.3, -0.25) is 0 Å². The summed E-state index contributed by atoms with van der Waals surface area (Å²) in [4.78, 5) is 4.61. The lowest BCUT2D eigenvalue weighted by molar-refractivity contribution is 0.575. The van der Waals surface area contributed by atoms with E-state index in [1.54, 1.807) is 0 Å². The predicted octanol–water partition coefficient (Wildman–Crippen LogP) is 14.3. The van der Waals surface area contributed by atoms with Crippen molar-refractivity contribution < 1.29 is 4.42 Å². The lowest BCUT2D eigenvalue weighted by atomic mass is 9.87. The fourth-order valence-electron chi connectivity index (χ4n) is 9.61. The van der Waals surface area contributed by atoms with Crippen molar-refractivity contribution in [2.75, 3.05) is 9.80 Å². The highest BCUT2D eigenvalue weighted by Gasteiger charge is 2.27. The van der Waals surface area contributed by atoms with E-state index in [2.05, 4.69) is 210 Å². The fourth-order valence-corrected chi connectivity index (χ4v) is 9.61. The highest BCUT2D eigenvalue weighted by atomic mass is 16.3. The van der Waals surface area contributed by atoms with Crippen molar-refractivity contribution in [1.82, 2.24) is 4.57 Å². The highest BCUT2D eigenvalue weighted by molar-refractivity contribution is 6.17. The van der Waals surface area contributed by atoms with Crippen LogP contribution in [0.25, 0.3) is 84.1 Å². The molecular formula is C58H39N3O. The minimum atomic E-state index is 0.689. The molecule has 4 nitrogen and oxygen atoms in total. The van der Waals surface area contributed by atoms with Gasteiger partial charge in [0.25, 0.3) is 0 Å². The van der Waals surface area contributed by atoms with Crippen molar-refractivity contribution >= 4 is 84.6 Å². The number of fused-ring (bicyclic) bond motifs is 6. The number of hydrogen-bond donors (Lipinski definition) is 0. The quantitative estimate of drug-likeness (QED) is 0.161. The molecule has 0 aliphatic carbocycles. The average Bonchev–Trinajstić information content (AvgIpc) is 3.83. The Labute approximate surface area is 359 Å². The SMILES string of the molecule is C=C(/C=c1/oc2ccccc2c1=C)N(c1ccc(-c2ccc3c4c(cccc24)N(c2ccccc2)c2ccccc2-3)cc1)c1ccc2c(c1)c1ccccc1n2-c1ccccc1. The molecule has 1 aliphatic rings. The van der Waals surface area contributed by atoms with Gasteiger partial charge in [0.2, 0.25) is 0 Å². The third kappa shape index (κ3) is 5.54. The summed E-state index contributed by atoms with van der Waals surface area (Å²) in [6, 6.07) is 73.5. The summed E-state index contributed by atoms with van der Waals surface area (Å²) < 4.78 is 8.71. The van der Waals surface area contributed by atoms with Gasteiger partial charge < -0.3 is 18.8 Å². The van der Waals surface area contributed by atoms with E-state index in [4.69, 9.17) is 4.42 Å². The van der Waals surface area contributed by atoms with E-state index < -0.39 is 0 Å². The van der Waals surface area contributed by atoms with Gasteiger partial charge in [0.15, 0.2) is 0 Å². The zero-order valence-electron chi connectivity index (χ0n) is 33.9. The van der Waals surface area contributed by atoms with Crippen LogP contribution in [-0.2, 0) is 0 Å². The highest BCUT2D eigenvalue weighted by Crippen LogP contribution is 2.52. The van der Waals surface area contributed by atoms with Crippen LogP contribution in [0, 0.1) is 0 Å². The molecule has 11 aromatic rings. The molecule has 0 radical (unpaired) electrons. The summed E-state index contributed by atoms with van der Waals surface area (Å²) in [6.45, 7) is 9.10. The molecule has 3 heterocycles. The van der Waals surface area contributed by atoms with Gasteiger partial charge in [0, 0.05) is 66.8 Å². The van der Waals surface area contributed by atoms with E-state index in [1.807, 2.05) is 30.3 Å². The fraction of sp³-hybridized carbons (Fsp3) is 0. The molecule has 0 saturated carbocycles. The molecule has 62 heavy (non-hydrogen) atoms. The molecule has 2 aromatic heterocycles. The maximum Gasteiger partial charge on any atom is 0.136 e.